The molecule has 1 saturated carbocycles. The third kappa shape index (κ3) is 4.76. The van der Waals surface area contributed by atoms with Gasteiger partial charge in [-0.05, 0) is 57.4 Å². The number of nitrogens with two attached hydrogens (primary N) is 1. The van der Waals surface area contributed by atoms with Crippen LogP contribution in [0.25, 0.3) is 22.2 Å². The Morgan fingerprint density at radius 3 is 2.61 bits per heavy atom. The van der Waals surface area contributed by atoms with Gasteiger partial charge in [-0.15, -0.1) is 0 Å². The van der Waals surface area contributed by atoms with Crippen molar-refractivity contribution in [3.05, 3.63) is 60.7 Å². The van der Waals surface area contributed by atoms with Gasteiger partial charge >= 0.3 is 6.09 Å². The molecule has 1 amide bonds. The fourth-order valence-corrected chi connectivity index (χ4v) is 4.70. The van der Waals surface area contributed by atoms with Gasteiger partial charge < -0.3 is 24.3 Å². The molecule has 0 spiro atoms. The average molecular weight is 488 g/mol. The van der Waals surface area contributed by atoms with Crippen LogP contribution in [0.3, 0.4) is 0 Å². The van der Waals surface area contributed by atoms with Crippen LogP contribution in [0.2, 0.25) is 0 Å². The number of nitrogens with one attached hydrogen (secondary N) is 1. The number of carbonyl (C=O) groups excluding carboxylic acids is 1. The summed E-state index contributed by atoms with van der Waals surface area (Å²) in [5, 5.41) is 3.80. The number of aryl methyl sites for hydroxylation is 1. The van der Waals surface area contributed by atoms with Crippen molar-refractivity contribution in [3.8, 4) is 17.0 Å². The molecule has 2 aromatic heterocycles. The lowest BCUT2D eigenvalue weighted by Gasteiger charge is -2.30. The lowest BCUT2D eigenvalue weighted by atomic mass is 9.92. The minimum absolute atomic E-state index is 0.175. The molecule has 1 fully saturated rings. The van der Waals surface area contributed by atoms with Crippen LogP contribution < -0.4 is 15.8 Å². The SMILES string of the molecule is CC(C)OC(=O)Nc1ccc(-c2c(N)c3ccc(OCCc4cncn4C)cc3n2C2CCC2)cc1. The Labute approximate surface area is 211 Å². The van der Waals surface area contributed by atoms with E-state index in [1.165, 1.54) is 6.42 Å². The van der Waals surface area contributed by atoms with Gasteiger partial charge in [0.15, 0.2) is 0 Å². The summed E-state index contributed by atoms with van der Waals surface area (Å²) in [7, 11) is 1.99. The normalized spacial score (nSPS) is 13.7. The van der Waals surface area contributed by atoms with Crippen LogP contribution in [0, 0.1) is 0 Å². The first-order valence-electron chi connectivity index (χ1n) is 12.5. The van der Waals surface area contributed by atoms with Crippen LogP contribution >= 0.6 is 0 Å². The summed E-state index contributed by atoms with van der Waals surface area (Å²) in [5.41, 5.74) is 12.4. The Bertz CT molecular complexity index is 1370. The molecule has 4 aromatic rings. The van der Waals surface area contributed by atoms with E-state index in [-0.39, 0.29) is 6.10 Å². The molecule has 0 aliphatic heterocycles. The van der Waals surface area contributed by atoms with Gasteiger partial charge in [0.25, 0.3) is 0 Å². The molecule has 0 saturated heterocycles. The lowest BCUT2D eigenvalue weighted by Crippen LogP contribution is -2.18. The number of benzene rings is 2. The van der Waals surface area contributed by atoms with E-state index in [0.717, 1.165) is 58.6 Å². The Balaban J connectivity index is 1.42. The molecule has 0 unspecified atom stereocenters. The number of rotatable bonds is 8. The van der Waals surface area contributed by atoms with Crippen LogP contribution in [0.1, 0.15) is 44.8 Å². The second kappa shape index (κ2) is 9.97. The maximum Gasteiger partial charge on any atom is 0.411 e. The number of anilines is 2. The van der Waals surface area contributed by atoms with Gasteiger partial charge in [0.1, 0.15) is 5.75 Å². The predicted molar refractivity (Wildman–Crippen MR) is 142 cm³/mol. The van der Waals surface area contributed by atoms with Crippen molar-refractivity contribution in [2.45, 2.75) is 51.7 Å². The van der Waals surface area contributed by atoms with Crippen molar-refractivity contribution < 1.29 is 14.3 Å². The number of nitrogens with zero attached hydrogens (tertiary/aromatic N) is 3. The first-order valence-corrected chi connectivity index (χ1v) is 12.5. The fraction of sp³-hybridized carbons (Fsp3) is 0.357. The van der Waals surface area contributed by atoms with Crippen LogP contribution in [0.5, 0.6) is 5.75 Å². The summed E-state index contributed by atoms with van der Waals surface area (Å²) in [6.07, 6.45) is 7.29. The van der Waals surface area contributed by atoms with Crippen molar-refractivity contribution in [2.24, 2.45) is 7.05 Å². The third-order valence-corrected chi connectivity index (χ3v) is 6.75. The zero-order chi connectivity index (χ0) is 25.2. The van der Waals surface area contributed by atoms with E-state index in [4.69, 9.17) is 15.2 Å². The molecule has 3 N–H and O–H groups in total. The van der Waals surface area contributed by atoms with Crippen LogP contribution in [-0.2, 0) is 18.2 Å². The van der Waals surface area contributed by atoms with E-state index in [1.54, 1.807) is 6.33 Å². The third-order valence-electron chi connectivity index (χ3n) is 6.75. The molecular weight excluding hydrogens is 454 g/mol. The van der Waals surface area contributed by atoms with Crippen molar-refractivity contribution in [2.75, 3.05) is 17.7 Å². The smallest absolute Gasteiger partial charge is 0.411 e. The minimum Gasteiger partial charge on any atom is -0.493 e. The van der Waals surface area contributed by atoms with Crippen LogP contribution in [0.4, 0.5) is 16.2 Å². The number of hydrogen-bond donors (Lipinski definition) is 2. The highest BCUT2D eigenvalue weighted by Crippen LogP contribution is 2.44. The molecule has 1 aliphatic rings. The first-order chi connectivity index (χ1) is 17.4. The predicted octanol–water partition coefficient (Wildman–Crippen LogP) is 5.93. The molecule has 2 heterocycles. The van der Waals surface area contributed by atoms with Crippen molar-refractivity contribution in [3.63, 3.8) is 0 Å². The average Bonchev–Trinajstić information content (AvgIpc) is 3.33. The molecule has 36 heavy (non-hydrogen) atoms. The number of fused-ring (bicyclic) bond motifs is 1. The molecule has 0 bridgehead atoms. The Hall–Kier alpha value is -3.94. The molecule has 8 nitrogen and oxygen atoms in total. The quantitative estimate of drug-likeness (QED) is 0.321. The number of hydrogen-bond acceptors (Lipinski definition) is 5. The van der Waals surface area contributed by atoms with E-state index >= 15 is 0 Å². The van der Waals surface area contributed by atoms with Crippen LogP contribution in [-0.4, -0.2) is 32.9 Å². The van der Waals surface area contributed by atoms with E-state index in [2.05, 4.69) is 27.0 Å². The zero-order valence-electron chi connectivity index (χ0n) is 21.0. The molecule has 2 aromatic carbocycles. The number of amides is 1. The van der Waals surface area contributed by atoms with E-state index in [0.29, 0.717) is 18.3 Å². The Morgan fingerprint density at radius 1 is 1.19 bits per heavy atom. The molecule has 1 aliphatic carbocycles. The number of nitrogen functional groups attached to an aromatic ring is 1. The Kier molecular flexibility index (Phi) is 6.59. The maximum absolute atomic E-state index is 12.0. The molecule has 0 atom stereocenters. The largest absolute Gasteiger partial charge is 0.493 e. The molecule has 8 heteroatoms. The second-order valence-corrected chi connectivity index (χ2v) is 9.65. The highest BCUT2D eigenvalue weighted by atomic mass is 16.6. The number of carbonyl (C=O) groups is 1. The van der Waals surface area contributed by atoms with E-state index < -0.39 is 6.09 Å². The monoisotopic (exact) mass is 487 g/mol. The van der Waals surface area contributed by atoms with Crippen LogP contribution in [0.15, 0.2) is 55.0 Å². The maximum atomic E-state index is 12.0. The Morgan fingerprint density at radius 2 is 1.97 bits per heavy atom. The van der Waals surface area contributed by atoms with Gasteiger partial charge in [-0.1, -0.05) is 12.1 Å². The minimum atomic E-state index is -0.461. The summed E-state index contributed by atoms with van der Waals surface area (Å²) >= 11 is 0. The van der Waals surface area contributed by atoms with Crippen molar-refractivity contribution >= 4 is 28.4 Å². The van der Waals surface area contributed by atoms with Gasteiger partial charge in [0.05, 0.1) is 35.9 Å². The topological polar surface area (TPSA) is 96.3 Å². The second-order valence-electron chi connectivity index (χ2n) is 9.65. The molecule has 188 valence electrons. The highest BCUT2D eigenvalue weighted by molar-refractivity contribution is 6.01. The van der Waals surface area contributed by atoms with Gasteiger partial charge in [-0.25, -0.2) is 9.78 Å². The number of aromatic nitrogens is 3. The van der Waals surface area contributed by atoms with Gasteiger partial charge in [-0.2, -0.15) is 0 Å². The first kappa shape index (κ1) is 23.8. The number of imidazole rings is 1. The summed E-state index contributed by atoms with van der Waals surface area (Å²) in [6, 6.07) is 14.3. The summed E-state index contributed by atoms with van der Waals surface area (Å²) in [6.45, 7) is 4.22. The molecule has 0 radical (unpaired) electrons. The van der Waals surface area contributed by atoms with E-state index in [9.17, 15) is 4.79 Å². The molecular formula is C28H33N5O3. The van der Waals surface area contributed by atoms with Crippen molar-refractivity contribution in [1.82, 2.24) is 14.1 Å². The van der Waals surface area contributed by atoms with Gasteiger partial charge in [0.2, 0.25) is 0 Å². The zero-order valence-corrected chi connectivity index (χ0v) is 21.0. The lowest BCUT2D eigenvalue weighted by molar-refractivity contribution is 0.130. The number of ether oxygens (including phenoxy) is 2. The summed E-state index contributed by atoms with van der Waals surface area (Å²) in [5.74, 6) is 0.831. The standard InChI is InChI=1S/C28H33N5O3/c1-18(2)36-28(34)31-20-9-7-19(8-10-20)27-26(29)24-12-11-23(15-25(24)33(27)21-5-4-6-21)35-14-13-22-16-30-17-32(22)3/h7-12,15-18,21H,4-6,13-14,29H2,1-3H3,(H,31,34). The molecule has 5 rings (SSSR count). The summed E-state index contributed by atoms with van der Waals surface area (Å²) in [4.78, 5) is 16.1. The fourth-order valence-electron chi connectivity index (χ4n) is 4.70. The highest BCUT2D eigenvalue weighted by Gasteiger charge is 2.27. The summed E-state index contributed by atoms with van der Waals surface area (Å²) < 4.78 is 15.7. The van der Waals surface area contributed by atoms with Crippen molar-refractivity contribution in [1.29, 1.82) is 0 Å². The van der Waals surface area contributed by atoms with Gasteiger partial charge in [-0.3, -0.25) is 5.32 Å². The van der Waals surface area contributed by atoms with E-state index in [1.807, 2.05) is 62.0 Å². The van der Waals surface area contributed by atoms with Gasteiger partial charge in [0, 0.05) is 54.1 Å².